The second kappa shape index (κ2) is 8.87. The number of nitro benzene ring substituents is 1. The summed E-state index contributed by atoms with van der Waals surface area (Å²) in [5.74, 6) is 0.702. The lowest BCUT2D eigenvalue weighted by Crippen LogP contribution is -2.49. The van der Waals surface area contributed by atoms with Gasteiger partial charge in [0, 0.05) is 43.9 Å². The van der Waals surface area contributed by atoms with Crippen LogP contribution in [0.15, 0.2) is 53.4 Å². The second-order valence-corrected chi connectivity index (χ2v) is 10.1. The lowest BCUT2D eigenvalue weighted by Gasteiger charge is -2.34. The maximum atomic E-state index is 12.9. The number of aryl methyl sites for hydroxylation is 3. The highest BCUT2D eigenvalue weighted by molar-refractivity contribution is 7.89. The van der Waals surface area contributed by atoms with Crippen LogP contribution >= 0.6 is 0 Å². The Bertz CT molecular complexity index is 1280. The van der Waals surface area contributed by atoms with Gasteiger partial charge < -0.3 is 4.90 Å². The number of nitrogens with zero attached hydrogens (tertiary/aromatic N) is 5. The number of sulfonamides is 1. The van der Waals surface area contributed by atoms with Gasteiger partial charge in [0.1, 0.15) is 0 Å². The van der Waals surface area contributed by atoms with Crippen molar-refractivity contribution in [1.29, 1.82) is 0 Å². The van der Waals surface area contributed by atoms with E-state index in [9.17, 15) is 18.5 Å². The van der Waals surface area contributed by atoms with Crippen molar-refractivity contribution in [2.24, 2.45) is 0 Å². The minimum atomic E-state index is -3.72. The molecule has 4 rings (SSSR count). The third kappa shape index (κ3) is 4.57. The molecular formula is C23H25N5O4S. The number of rotatable bonds is 5. The third-order valence-electron chi connectivity index (χ3n) is 6.02. The van der Waals surface area contributed by atoms with Crippen LogP contribution in [0.4, 0.5) is 11.5 Å². The lowest BCUT2D eigenvalue weighted by molar-refractivity contribution is -0.384. The van der Waals surface area contributed by atoms with E-state index in [1.165, 1.54) is 39.7 Å². The summed E-state index contributed by atoms with van der Waals surface area (Å²) in [5.41, 5.74) is 5.30. The summed E-state index contributed by atoms with van der Waals surface area (Å²) < 4.78 is 27.2. The van der Waals surface area contributed by atoms with Crippen LogP contribution in [-0.2, 0) is 10.0 Å². The summed E-state index contributed by atoms with van der Waals surface area (Å²) in [6.07, 6.45) is 0. The van der Waals surface area contributed by atoms with Gasteiger partial charge in [0.2, 0.25) is 10.0 Å². The number of benzene rings is 2. The predicted octanol–water partition coefficient (Wildman–Crippen LogP) is 3.49. The first kappa shape index (κ1) is 22.8. The van der Waals surface area contributed by atoms with E-state index < -0.39 is 14.9 Å². The van der Waals surface area contributed by atoms with Gasteiger partial charge in [-0.25, -0.2) is 8.42 Å². The van der Waals surface area contributed by atoms with Crippen LogP contribution in [0, 0.1) is 30.9 Å². The number of non-ortho nitro benzene ring substituents is 1. The molecule has 0 unspecified atom stereocenters. The molecule has 9 nitrogen and oxygen atoms in total. The zero-order chi connectivity index (χ0) is 23.8. The summed E-state index contributed by atoms with van der Waals surface area (Å²) in [6.45, 7) is 7.75. The first-order valence-corrected chi connectivity index (χ1v) is 12.0. The van der Waals surface area contributed by atoms with E-state index in [4.69, 9.17) is 0 Å². The van der Waals surface area contributed by atoms with Crippen LogP contribution in [0.25, 0.3) is 11.3 Å². The zero-order valence-electron chi connectivity index (χ0n) is 18.7. The lowest BCUT2D eigenvalue weighted by atomic mass is 9.99. The predicted molar refractivity (Wildman–Crippen MR) is 126 cm³/mol. The summed E-state index contributed by atoms with van der Waals surface area (Å²) in [6, 6.07) is 13.1. The van der Waals surface area contributed by atoms with Crippen molar-refractivity contribution >= 4 is 21.5 Å². The minimum Gasteiger partial charge on any atom is -0.352 e. The molecule has 0 bridgehead atoms. The fourth-order valence-electron chi connectivity index (χ4n) is 3.92. The largest absolute Gasteiger partial charge is 0.352 e. The monoisotopic (exact) mass is 467 g/mol. The molecule has 0 atom stereocenters. The van der Waals surface area contributed by atoms with Gasteiger partial charge in [-0.2, -0.15) is 4.31 Å². The fourth-order valence-corrected chi connectivity index (χ4v) is 5.34. The molecule has 172 valence electrons. The van der Waals surface area contributed by atoms with Gasteiger partial charge in [0.15, 0.2) is 5.82 Å². The van der Waals surface area contributed by atoms with Crippen LogP contribution in [0.1, 0.15) is 16.7 Å². The maximum Gasteiger partial charge on any atom is 0.269 e. The molecule has 10 heteroatoms. The average Bonchev–Trinajstić information content (AvgIpc) is 2.82. The maximum absolute atomic E-state index is 12.9. The normalized spacial score (nSPS) is 14.9. The average molecular weight is 468 g/mol. The van der Waals surface area contributed by atoms with Gasteiger partial charge in [-0.1, -0.05) is 6.07 Å². The van der Waals surface area contributed by atoms with Gasteiger partial charge in [-0.05, 0) is 67.8 Å². The molecule has 0 radical (unpaired) electrons. The van der Waals surface area contributed by atoms with E-state index in [2.05, 4.69) is 43.1 Å². The number of hydrogen-bond donors (Lipinski definition) is 0. The third-order valence-corrected chi connectivity index (χ3v) is 7.93. The molecule has 1 saturated heterocycles. The highest BCUT2D eigenvalue weighted by Gasteiger charge is 2.29. The Morgan fingerprint density at radius 2 is 1.48 bits per heavy atom. The number of anilines is 1. The van der Waals surface area contributed by atoms with E-state index in [0.29, 0.717) is 32.0 Å². The molecule has 1 fully saturated rings. The molecule has 33 heavy (non-hydrogen) atoms. The van der Waals surface area contributed by atoms with Crippen LogP contribution in [-0.4, -0.2) is 54.0 Å². The Labute approximate surface area is 192 Å². The molecule has 0 saturated carbocycles. The molecule has 1 aromatic heterocycles. The Morgan fingerprint density at radius 3 is 2.06 bits per heavy atom. The Kier molecular flexibility index (Phi) is 6.13. The Hall–Kier alpha value is -3.37. The van der Waals surface area contributed by atoms with E-state index in [1.807, 2.05) is 17.0 Å². The van der Waals surface area contributed by atoms with Crippen LogP contribution in [0.5, 0.6) is 0 Å². The Morgan fingerprint density at radius 1 is 0.848 bits per heavy atom. The van der Waals surface area contributed by atoms with Gasteiger partial charge in [0.05, 0.1) is 15.5 Å². The van der Waals surface area contributed by atoms with Gasteiger partial charge >= 0.3 is 0 Å². The van der Waals surface area contributed by atoms with Crippen LogP contribution < -0.4 is 4.90 Å². The number of aromatic nitrogens is 2. The quantitative estimate of drug-likeness (QED) is 0.417. The molecule has 0 amide bonds. The van der Waals surface area contributed by atoms with Crippen molar-refractivity contribution in [3.05, 3.63) is 75.3 Å². The topological polar surface area (TPSA) is 110 Å². The molecule has 0 aliphatic carbocycles. The summed E-state index contributed by atoms with van der Waals surface area (Å²) in [4.78, 5) is 12.3. The smallest absolute Gasteiger partial charge is 0.269 e. The van der Waals surface area contributed by atoms with Crippen LogP contribution in [0.2, 0.25) is 0 Å². The van der Waals surface area contributed by atoms with E-state index in [0.717, 1.165) is 16.8 Å². The molecule has 2 heterocycles. The van der Waals surface area contributed by atoms with Crippen molar-refractivity contribution in [2.45, 2.75) is 25.7 Å². The highest BCUT2D eigenvalue weighted by atomic mass is 32.2. The molecule has 0 spiro atoms. The van der Waals surface area contributed by atoms with Gasteiger partial charge in [0.25, 0.3) is 5.69 Å². The fraction of sp³-hybridized carbons (Fsp3) is 0.304. The number of hydrogen-bond acceptors (Lipinski definition) is 7. The molecule has 2 aromatic carbocycles. The number of piperazine rings is 1. The van der Waals surface area contributed by atoms with Crippen molar-refractivity contribution in [3.8, 4) is 11.3 Å². The Balaban J connectivity index is 1.44. The molecular weight excluding hydrogens is 442 g/mol. The number of nitro groups is 1. The van der Waals surface area contributed by atoms with Crippen molar-refractivity contribution in [2.75, 3.05) is 31.1 Å². The first-order chi connectivity index (χ1) is 15.7. The van der Waals surface area contributed by atoms with Crippen molar-refractivity contribution in [3.63, 3.8) is 0 Å². The van der Waals surface area contributed by atoms with Gasteiger partial charge in [-0.15, -0.1) is 10.2 Å². The zero-order valence-corrected chi connectivity index (χ0v) is 19.5. The van der Waals surface area contributed by atoms with Crippen LogP contribution in [0.3, 0.4) is 0 Å². The minimum absolute atomic E-state index is 0.0504. The summed E-state index contributed by atoms with van der Waals surface area (Å²) in [7, 11) is -3.72. The van der Waals surface area contributed by atoms with Gasteiger partial charge in [-0.3, -0.25) is 10.1 Å². The molecule has 1 aliphatic rings. The van der Waals surface area contributed by atoms with E-state index >= 15 is 0 Å². The van der Waals surface area contributed by atoms with E-state index in [1.54, 1.807) is 0 Å². The first-order valence-electron chi connectivity index (χ1n) is 10.6. The molecule has 0 N–H and O–H groups in total. The van der Waals surface area contributed by atoms with Crippen molar-refractivity contribution < 1.29 is 13.3 Å². The second-order valence-electron chi connectivity index (χ2n) is 8.17. The van der Waals surface area contributed by atoms with E-state index in [-0.39, 0.29) is 10.6 Å². The molecule has 1 aliphatic heterocycles. The molecule has 3 aromatic rings. The standard InChI is InChI=1S/C23H25N5O4S/c1-16-14-18(3)21(15-17(16)2)22-8-9-23(25-24-22)26-10-12-27(13-11-26)33(31,32)20-6-4-19(5-7-20)28(29)30/h4-9,14-15H,10-13H2,1-3H3. The highest BCUT2D eigenvalue weighted by Crippen LogP contribution is 2.26. The summed E-state index contributed by atoms with van der Waals surface area (Å²) in [5, 5.41) is 19.6. The van der Waals surface area contributed by atoms with Crippen molar-refractivity contribution in [1.82, 2.24) is 14.5 Å². The summed E-state index contributed by atoms with van der Waals surface area (Å²) >= 11 is 0. The SMILES string of the molecule is Cc1cc(C)c(-c2ccc(N3CCN(S(=O)(=O)c4ccc([N+](=O)[O-])cc4)CC3)nn2)cc1C.